The molecule has 0 unspecified atom stereocenters. The van der Waals surface area contributed by atoms with E-state index in [-0.39, 0.29) is 16.8 Å². The minimum absolute atomic E-state index is 0.195. The molecule has 1 aromatic rings. The summed E-state index contributed by atoms with van der Waals surface area (Å²) in [5.41, 5.74) is 6.79. The summed E-state index contributed by atoms with van der Waals surface area (Å²) < 4.78 is 19.0. The Morgan fingerprint density at radius 3 is 2.41 bits per heavy atom. The van der Waals surface area contributed by atoms with Crippen molar-refractivity contribution in [2.24, 2.45) is 5.73 Å². The molecular weight excluding hydrogens is 283 g/mol. The fraction of sp³-hybridized carbons (Fsp3) is 0.588. The molecule has 0 atom stereocenters. The first kappa shape index (κ1) is 15.3. The van der Waals surface area contributed by atoms with Gasteiger partial charge in [0.05, 0.1) is 0 Å². The maximum Gasteiger partial charge on any atom is 0.412 e. The Balaban J connectivity index is 1.88. The zero-order valence-corrected chi connectivity index (χ0v) is 13.3. The highest BCUT2D eigenvalue weighted by Gasteiger charge is 2.64. The van der Waals surface area contributed by atoms with Crippen LogP contribution in [0.1, 0.15) is 52.0 Å². The van der Waals surface area contributed by atoms with Crippen molar-refractivity contribution in [1.29, 1.82) is 0 Å². The van der Waals surface area contributed by atoms with Gasteiger partial charge in [-0.2, -0.15) is 0 Å². The van der Waals surface area contributed by atoms with Crippen molar-refractivity contribution < 1.29 is 13.9 Å². The summed E-state index contributed by atoms with van der Waals surface area (Å²) in [6, 6.07) is 4.45. The van der Waals surface area contributed by atoms with Crippen molar-refractivity contribution in [3.63, 3.8) is 0 Å². The molecule has 22 heavy (non-hydrogen) atoms. The van der Waals surface area contributed by atoms with Crippen LogP contribution in [0, 0.1) is 5.82 Å². The number of nitrogens with one attached hydrogen (secondary N) is 1. The van der Waals surface area contributed by atoms with Crippen LogP contribution in [-0.4, -0.2) is 17.2 Å². The third-order valence-corrected chi connectivity index (χ3v) is 4.62. The Labute approximate surface area is 130 Å². The molecular formula is C17H23FN2O2. The Morgan fingerprint density at radius 1 is 1.27 bits per heavy atom. The number of anilines is 1. The van der Waals surface area contributed by atoms with Crippen LogP contribution in [-0.2, 0) is 10.2 Å². The lowest BCUT2D eigenvalue weighted by molar-refractivity contribution is 0.0635. The first-order valence-corrected chi connectivity index (χ1v) is 7.74. The molecule has 0 bridgehead atoms. The number of carbonyl (C=O) groups is 1. The van der Waals surface area contributed by atoms with Crippen LogP contribution in [0.3, 0.4) is 0 Å². The van der Waals surface area contributed by atoms with Gasteiger partial charge in [-0.3, -0.25) is 5.32 Å². The van der Waals surface area contributed by atoms with Gasteiger partial charge in [0.2, 0.25) is 0 Å². The summed E-state index contributed by atoms with van der Waals surface area (Å²) in [6.45, 7) is 5.42. The number of ether oxygens (including phenoxy) is 1. The maximum absolute atomic E-state index is 13.7. The van der Waals surface area contributed by atoms with E-state index in [0.29, 0.717) is 5.69 Å². The normalized spacial score (nSPS) is 21.1. The van der Waals surface area contributed by atoms with Crippen molar-refractivity contribution in [2.75, 3.05) is 5.32 Å². The van der Waals surface area contributed by atoms with E-state index in [0.717, 1.165) is 31.2 Å². The number of hydrogen-bond acceptors (Lipinski definition) is 3. The summed E-state index contributed by atoms with van der Waals surface area (Å²) in [7, 11) is 0. The third-order valence-electron chi connectivity index (χ3n) is 4.62. The van der Waals surface area contributed by atoms with E-state index in [9.17, 15) is 9.18 Å². The van der Waals surface area contributed by atoms with Crippen LogP contribution in [0.2, 0.25) is 0 Å². The number of amides is 1. The standard InChI is InChI=1S/C17H23FN2O2/c1-15(2,3)22-14(21)20-13-5-4-11(18)10-12(13)16(6-7-16)17(19)8-9-17/h4-5,10H,6-9,19H2,1-3H3,(H,20,21). The van der Waals surface area contributed by atoms with Crippen LogP contribution in [0.25, 0.3) is 0 Å². The smallest absolute Gasteiger partial charge is 0.412 e. The molecule has 1 amide bonds. The molecule has 2 saturated carbocycles. The molecule has 3 N–H and O–H groups in total. The van der Waals surface area contributed by atoms with Crippen LogP contribution in [0.15, 0.2) is 18.2 Å². The van der Waals surface area contributed by atoms with E-state index in [1.807, 2.05) is 0 Å². The van der Waals surface area contributed by atoms with Gasteiger partial charge in [-0.1, -0.05) is 0 Å². The number of rotatable bonds is 3. The van der Waals surface area contributed by atoms with Gasteiger partial charge in [0.25, 0.3) is 0 Å². The van der Waals surface area contributed by atoms with Gasteiger partial charge in [-0.05, 0) is 70.2 Å². The van der Waals surface area contributed by atoms with E-state index in [4.69, 9.17) is 10.5 Å². The molecule has 1 aromatic carbocycles. The molecule has 2 aliphatic carbocycles. The number of benzene rings is 1. The lowest BCUT2D eigenvalue weighted by atomic mass is 9.85. The van der Waals surface area contributed by atoms with Crippen molar-refractivity contribution >= 4 is 11.8 Å². The molecule has 0 saturated heterocycles. The van der Waals surface area contributed by atoms with E-state index in [1.54, 1.807) is 26.8 Å². The van der Waals surface area contributed by atoms with Gasteiger partial charge in [-0.25, -0.2) is 9.18 Å². The maximum atomic E-state index is 13.7. The second-order valence-corrected chi connectivity index (χ2v) is 7.56. The van der Waals surface area contributed by atoms with Gasteiger partial charge in [0.15, 0.2) is 0 Å². The topological polar surface area (TPSA) is 64.3 Å². The predicted octanol–water partition coefficient (Wildman–Crippen LogP) is 3.70. The average molecular weight is 306 g/mol. The minimum atomic E-state index is -0.576. The Morgan fingerprint density at radius 2 is 1.91 bits per heavy atom. The largest absolute Gasteiger partial charge is 0.444 e. The SMILES string of the molecule is CC(C)(C)OC(=O)Nc1ccc(F)cc1C1(C2(N)CC2)CC1. The van der Waals surface area contributed by atoms with Crippen molar-refractivity contribution in [2.45, 2.75) is 63.0 Å². The minimum Gasteiger partial charge on any atom is -0.444 e. The summed E-state index contributed by atoms with van der Waals surface area (Å²) in [4.78, 5) is 12.0. The fourth-order valence-corrected chi connectivity index (χ4v) is 3.21. The Kier molecular flexibility index (Phi) is 3.25. The molecule has 0 radical (unpaired) electrons. The average Bonchev–Trinajstić information content (AvgIpc) is 3.25. The molecule has 5 heteroatoms. The first-order valence-electron chi connectivity index (χ1n) is 7.74. The molecule has 0 aliphatic heterocycles. The van der Waals surface area contributed by atoms with Gasteiger partial charge in [-0.15, -0.1) is 0 Å². The molecule has 2 aliphatic rings. The van der Waals surface area contributed by atoms with Gasteiger partial charge >= 0.3 is 6.09 Å². The molecule has 120 valence electrons. The third kappa shape index (κ3) is 2.70. The van der Waals surface area contributed by atoms with Gasteiger partial charge in [0.1, 0.15) is 11.4 Å². The van der Waals surface area contributed by atoms with Gasteiger partial charge in [0, 0.05) is 16.6 Å². The molecule has 0 spiro atoms. The van der Waals surface area contributed by atoms with Crippen LogP contribution in [0.4, 0.5) is 14.9 Å². The monoisotopic (exact) mass is 306 g/mol. The zero-order valence-electron chi connectivity index (χ0n) is 13.3. The molecule has 2 fully saturated rings. The summed E-state index contributed by atoms with van der Waals surface area (Å²) in [5, 5.41) is 2.76. The van der Waals surface area contributed by atoms with Crippen molar-refractivity contribution in [3.05, 3.63) is 29.6 Å². The number of nitrogens with two attached hydrogens (primary N) is 1. The highest BCUT2D eigenvalue weighted by atomic mass is 19.1. The van der Waals surface area contributed by atoms with Crippen LogP contribution >= 0.6 is 0 Å². The highest BCUT2D eigenvalue weighted by Crippen LogP contribution is 2.64. The quantitative estimate of drug-likeness (QED) is 0.895. The Bertz CT molecular complexity index is 614. The summed E-state index contributed by atoms with van der Waals surface area (Å²) >= 11 is 0. The fourth-order valence-electron chi connectivity index (χ4n) is 3.21. The second kappa shape index (κ2) is 4.69. The first-order chi connectivity index (χ1) is 10.2. The van der Waals surface area contributed by atoms with Crippen molar-refractivity contribution in [1.82, 2.24) is 0 Å². The molecule has 0 heterocycles. The van der Waals surface area contributed by atoms with E-state index >= 15 is 0 Å². The Hall–Kier alpha value is -1.62. The summed E-state index contributed by atoms with van der Waals surface area (Å²) in [6.07, 6.45) is 3.26. The molecule has 0 aromatic heterocycles. The number of carbonyl (C=O) groups excluding carboxylic acids is 1. The predicted molar refractivity (Wildman–Crippen MR) is 83.3 cm³/mol. The molecule has 3 rings (SSSR count). The molecule has 4 nitrogen and oxygen atoms in total. The zero-order chi connectivity index (χ0) is 16.2. The van der Waals surface area contributed by atoms with Crippen LogP contribution in [0.5, 0.6) is 0 Å². The second-order valence-electron chi connectivity index (χ2n) is 7.56. The summed E-state index contributed by atoms with van der Waals surface area (Å²) in [5.74, 6) is -0.305. The van der Waals surface area contributed by atoms with E-state index in [2.05, 4.69) is 5.32 Å². The number of hydrogen-bond donors (Lipinski definition) is 2. The van der Waals surface area contributed by atoms with Gasteiger partial charge < -0.3 is 10.5 Å². The van der Waals surface area contributed by atoms with Crippen molar-refractivity contribution in [3.8, 4) is 0 Å². The lowest BCUT2D eigenvalue weighted by Crippen LogP contribution is -2.38. The number of halogens is 1. The highest BCUT2D eigenvalue weighted by molar-refractivity contribution is 5.86. The van der Waals surface area contributed by atoms with E-state index < -0.39 is 11.7 Å². The van der Waals surface area contributed by atoms with E-state index in [1.165, 1.54) is 12.1 Å². The lowest BCUT2D eigenvalue weighted by Gasteiger charge is -2.27. The van der Waals surface area contributed by atoms with Crippen LogP contribution < -0.4 is 11.1 Å².